The van der Waals surface area contributed by atoms with E-state index in [9.17, 15) is 0 Å². The predicted octanol–water partition coefficient (Wildman–Crippen LogP) is 3.77. The maximum Gasteiger partial charge on any atom is 0.144 e. The molecule has 4 aromatic rings. The molecule has 0 N–H and O–H groups in total. The lowest BCUT2D eigenvalue weighted by Crippen LogP contribution is -2.23. The molecule has 2 aliphatic rings. The molecular weight excluding hydrogens is 360 g/mol. The van der Waals surface area contributed by atoms with Crippen molar-refractivity contribution < 1.29 is 0 Å². The van der Waals surface area contributed by atoms with E-state index in [4.69, 9.17) is 4.98 Å². The summed E-state index contributed by atoms with van der Waals surface area (Å²) < 4.78 is 2.26. The van der Waals surface area contributed by atoms with Crippen molar-refractivity contribution in [2.45, 2.75) is 25.8 Å². The Kier molecular flexibility index (Phi) is 3.97. The number of aromatic nitrogens is 4. The highest BCUT2D eigenvalue weighted by Gasteiger charge is 2.23. The molecule has 0 spiro atoms. The lowest BCUT2D eigenvalue weighted by Gasteiger charge is -2.20. The smallest absolute Gasteiger partial charge is 0.144 e. The van der Waals surface area contributed by atoms with Crippen LogP contribution in [0.4, 0.5) is 11.5 Å². The Morgan fingerprint density at radius 3 is 2.69 bits per heavy atom. The molecule has 0 aliphatic carbocycles. The molecule has 4 heterocycles. The minimum absolute atomic E-state index is 0.952. The van der Waals surface area contributed by atoms with Crippen molar-refractivity contribution in [2.75, 3.05) is 31.1 Å². The molecule has 6 heteroatoms. The molecule has 0 bridgehead atoms. The van der Waals surface area contributed by atoms with E-state index in [0.29, 0.717) is 0 Å². The highest BCUT2D eigenvalue weighted by molar-refractivity contribution is 6.00. The van der Waals surface area contributed by atoms with Gasteiger partial charge in [0.05, 0.1) is 22.9 Å². The van der Waals surface area contributed by atoms with Crippen LogP contribution >= 0.6 is 0 Å². The van der Waals surface area contributed by atoms with E-state index in [-0.39, 0.29) is 0 Å². The number of anilines is 2. The summed E-state index contributed by atoms with van der Waals surface area (Å²) in [4.78, 5) is 18.8. The van der Waals surface area contributed by atoms with Crippen molar-refractivity contribution in [1.82, 2.24) is 24.4 Å². The summed E-state index contributed by atoms with van der Waals surface area (Å²) in [7, 11) is 0. The lowest BCUT2D eigenvalue weighted by atomic mass is 10.1. The van der Waals surface area contributed by atoms with Crippen molar-refractivity contribution in [3.05, 3.63) is 54.6 Å². The molecule has 0 atom stereocenters. The first-order chi connectivity index (χ1) is 14.4. The van der Waals surface area contributed by atoms with E-state index >= 15 is 0 Å². The monoisotopic (exact) mass is 384 g/mol. The van der Waals surface area contributed by atoms with Gasteiger partial charge < -0.3 is 14.4 Å². The lowest BCUT2D eigenvalue weighted by molar-refractivity contribution is 0.324. The molecule has 2 aromatic carbocycles. The Balaban J connectivity index is 1.39. The van der Waals surface area contributed by atoms with E-state index in [1.807, 2.05) is 6.33 Å². The van der Waals surface area contributed by atoms with Crippen LogP contribution in [0.5, 0.6) is 0 Å². The molecule has 29 heavy (non-hydrogen) atoms. The minimum atomic E-state index is 0.952. The van der Waals surface area contributed by atoms with Crippen molar-refractivity contribution in [3.63, 3.8) is 0 Å². The zero-order chi connectivity index (χ0) is 19.2. The fourth-order valence-electron chi connectivity index (χ4n) is 4.80. The van der Waals surface area contributed by atoms with Crippen LogP contribution in [0.1, 0.15) is 18.4 Å². The van der Waals surface area contributed by atoms with Gasteiger partial charge in [0.25, 0.3) is 0 Å². The van der Waals surface area contributed by atoms with Gasteiger partial charge in [-0.05, 0) is 56.1 Å². The number of nitrogens with zero attached hydrogens (tertiary/aromatic N) is 6. The number of rotatable bonds is 4. The van der Waals surface area contributed by atoms with Crippen LogP contribution in [0.25, 0.3) is 21.9 Å². The first-order valence-corrected chi connectivity index (χ1v) is 10.5. The van der Waals surface area contributed by atoms with Gasteiger partial charge in [0, 0.05) is 30.7 Å². The van der Waals surface area contributed by atoms with Crippen molar-refractivity contribution >= 4 is 33.4 Å². The Labute approximate surface area is 169 Å². The normalized spacial score (nSPS) is 16.9. The summed E-state index contributed by atoms with van der Waals surface area (Å²) in [5, 5.41) is 1.07. The minimum Gasteiger partial charge on any atom is -0.329 e. The van der Waals surface area contributed by atoms with Crippen molar-refractivity contribution in [3.8, 4) is 0 Å². The van der Waals surface area contributed by atoms with Crippen LogP contribution in [0.2, 0.25) is 0 Å². The van der Waals surface area contributed by atoms with Gasteiger partial charge in [0.15, 0.2) is 0 Å². The molecule has 6 rings (SSSR count). The van der Waals surface area contributed by atoms with Gasteiger partial charge in [0.1, 0.15) is 12.1 Å². The van der Waals surface area contributed by atoms with Gasteiger partial charge in [0.2, 0.25) is 0 Å². The first kappa shape index (κ1) is 16.9. The van der Waals surface area contributed by atoms with Gasteiger partial charge in [-0.2, -0.15) is 0 Å². The molecule has 1 saturated heterocycles. The highest BCUT2D eigenvalue weighted by atomic mass is 15.2. The Hall–Kier alpha value is -2.99. The first-order valence-electron chi connectivity index (χ1n) is 10.5. The fraction of sp³-hybridized carbons (Fsp3) is 0.348. The second-order valence-electron chi connectivity index (χ2n) is 8.07. The van der Waals surface area contributed by atoms with E-state index < -0.39 is 0 Å². The SMILES string of the molecule is c1ccc2c(c1)CCN2c1ncnc2cc3c(cc12)ncn3CCN1CCCC1. The standard InChI is InChI=1S/C23H24N6/c1-2-6-21-17(5-1)7-10-29(21)23-18-13-20-22(14-19(18)24-15-25-23)28(16-26-20)12-11-27-8-3-4-9-27/h1-2,5-6,13-16H,3-4,7-12H2. The largest absolute Gasteiger partial charge is 0.329 e. The van der Waals surface area contributed by atoms with E-state index in [2.05, 4.69) is 60.7 Å². The third-order valence-electron chi connectivity index (χ3n) is 6.35. The summed E-state index contributed by atoms with van der Waals surface area (Å²) in [6.45, 7) is 5.46. The summed E-state index contributed by atoms with van der Waals surface area (Å²) in [5.74, 6) is 0.980. The van der Waals surface area contributed by atoms with Gasteiger partial charge in [-0.1, -0.05) is 18.2 Å². The van der Waals surface area contributed by atoms with Crippen LogP contribution in [-0.4, -0.2) is 50.6 Å². The fourth-order valence-corrected chi connectivity index (χ4v) is 4.80. The Morgan fingerprint density at radius 2 is 1.76 bits per heavy atom. The number of hydrogen-bond acceptors (Lipinski definition) is 5. The van der Waals surface area contributed by atoms with E-state index in [1.54, 1.807) is 6.33 Å². The molecule has 2 aliphatic heterocycles. The van der Waals surface area contributed by atoms with Crippen LogP contribution in [0.3, 0.4) is 0 Å². The van der Waals surface area contributed by atoms with Crippen molar-refractivity contribution in [1.29, 1.82) is 0 Å². The topological polar surface area (TPSA) is 50.1 Å². The zero-order valence-corrected chi connectivity index (χ0v) is 16.5. The molecule has 0 unspecified atom stereocenters. The molecule has 2 aromatic heterocycles. The molecule has 146 valence electrons. The number of fused-ring (bicyclic) bond motifs is 3. The van der Waals surface area contributed by atoms with Gasteiger partial charge >= 0.3 is 0 Å². The van der Waals surface area contributed by atoms with Crippen LogP contribution in [-0.2, 0) is 13.0 Å². The van der Waals surface area contributed by atoms with Gasteiger partial charge in [-0.25, -0.2) is 15.0 Å². The Bertz CT molecular complexity index is 1190. The number of likely N-dealkylation sites (tertiary alicyclic amines) is 1. The summed E-state index contributed by atoms with van der Waals surface area (Å²) in [6.07, 6.45) is 7.37. The third kappa shape index (κ3) is 2.86. The average Bonchev–Trinajstić information content (AvgIpc) is 3.50. The Morgan fingerprint density at radius 1 is 0.862 bits per heavy atom. The van der Waals surface area contributed by atoms with Crippen LogP contribution < -0.4 is 4.90 Å². The number of hydrogen-bond donors (Lipinski definition) is 0. The molecule has 0 saturated carbocycles. The molecule has 6 nitrogen and oxygen atoms in total. The second-order valence-corrected chi connectivity index (χ2v) is 8.07. The number of benzene rings is 2. The van der Waals surface area contributed by atoms with Crippen LogP contribution in [0.15, 0.2) is 49.1 Å². The maximum absolute atomic E-state index is 4.70. The number of imidazole rings is 1. The highest BCUT2D eigenvalue weighted by Crippen LogP contribution is 2.37. The molecule has 0 amide bonds. The van der Waals surface area contributed by atoms with Gasteiger partial charge in [-0.15, -0.1) is 0 Å². The quantitative estimate of drug-likeness (QED) is 0.536. The maximum atomic E-state index is 4.70. The molecular formula is C23H24N6. The zero-order valence-electron chi connectivity index (χ0n) is 16.5. The van der Waals surface area contributed by atoms with Crippen LogP contribution in [0, 0.1) is 0 Å². The second kappa shape index (κ2) is 6.81. The predicted molar refractivity (Wildman–Crippen MR) is 116 cm³/mol. The molecule has 0 radical (unpaired) electrons. The van der Waals surface area contributed by atoms with Crippen molar-refractivity contribution in [2.24, 2.45) is 0 Å². The average molecular weight is 384 g/mol. The third-order valence-corrected chi connectivity index (χ3v) is 6.35. The number of para-hydroxylation sites is 1. The summed E-state index contributed by atoms with van der Waals surface area (Å²) in [6, 6.07) is 12.9. The summed E-state index contributed by atoms with van der Waals surface area (Å²) in [5.41, 5.74) is 5.79. The van der Waals surface area contributed by atoms with E-state index in [1.165, 1.54) is 37.2 Å². The summed E-state index contributed by atoms with van der Waals surface area (Å²) >= 11 is 0. The van der Waals surface area contributed by atoms with E-state index in [0.717, 1.165) is 53.8 Å². The van der Waals surface area contributed by atoms with Gasteiger partial charge in [-0.3, -0.25) is 0 Å². The molecule has 1 fully saturated rings.